The first-order valence-corrected chi connectivity index (χ1v) is 2.29. The molecule has 0 atom stereocenters. The zero-order valence-electron chi connectivity index (χ0n) is 4.81. The Balaban J connectivity index is 2.86. The van der Waals surface area contributed by atoms with Crippen LogP contribution in [0.15, 0.2) is 0 Å². The third-order valence-corrected chi connectivity index (χ3v) is 0.671. The standard InChI is InChI=1S/C5H10N2/c1-7(2)5-3-4-6/h3,5H2,1-2H3/i4+1. The zero-order chi connectivity index (χ0) is 5.70. The van der Waals surface area contributed by atoms with Crippen molar-refractivity contribution in [3.63, 3.8) is 0 Å². The molecule has 40 valence electrons. The molecule has 0 bridgehead atoms. The highest BCUT2D eigenvalue weighted by molar-refractivity contribution is 4.69. The van der Waals surface area contributed by atoms with E-state index in [4.69, 9.17) is 5.26 Å². The molecule has 0 heterocycles. The van der Waals surface area contributed by atoms with Gasteiger partial charge in [-0.05, 0) is 14.1 Å². The van der Waals surface area contributed by atoms with E-state index in [1.54, 1.807) is 0 Å². The summed E-state index contributed by atoms with van der Waals surface area (Å²) in [6.07, 6.45) is 0.632. The average Bonchev–Trinajstić information content (AvgIpc) is 1.61. The van der Waals surface area contributed by atoms with Gasteiger partial charge >= 0.3 is 0 Å². The molecule has 0 aliphatic carbocycles. The fraction of sp³-hybridized carbons (Fsp3) is 0.800. The van der Waals surface area contributed by atoms with Crippen molar-refractivity contribution in [3.05, 3.63) is 0 Å². The van der Waals surface area contributed by atoms with Crippen molar-refractivity contribution in [2.45, 2.75) is 6.42 Å². The maximum absolute atomic E-state index is 8.04. The molecule has 0 spiro atoms. The van der Waals surface area contributed by atoms with Gasteiger partial charge < -0.3 is 4.90 Å². The summed E-state index contributed by atoms with van der Waals surface area (Å²) >= 11 is 0. The Bertz CT molecular complexity index is 70.6. The van der Waals surface area contributed by atoms with Crippen molar-refractivity contribution < 1.29 is 0 Å². The molecule has 0 radical (unpaired) electrons. The van der Waals surface area contributed by atoms with Crippen molar-refractivity contribution in [3.8, 4) is 6.07 Å². The van der Waals surface area contributed by atoms with Crippen LogP contribution in [0, 0.1) is 11.3 Å². The Labute approximate surface area is 44.4 Å². The van der Waals surface area contributed by atoms with E-state index in [-0.39, 0.29) is 0 Å². The van der Waals surface area contributed by atoms with E-state index >= 15 is 0 Å². The Hall–Kier alpha value is -0.550. The quantitative estimate of drug-likeness (QED) is 0.470. The molecule has 0 rings (SSSR count). The normalized spacial score (nSPS) is 8.86. The van der Waals surface area contributed by atoms with Gasteiger partial charge in [0.1, 0.15) is 0 Å². The molecule has 0 N–H and O–H groups in total. The summed E-state index contributed by atoms with van der Waals surface area (Å²) in [7, 11) is 3.91. The minimum atomic E-state index is 0.632. The fourth-order valence-electron chi connectivity index (χ4n) is 0.274. The third-order valence-electron chi connectivity index (χ3n) is 0.671. The van der Waals surface area contributed by atoms with Gasteiger partial charge in [-0.3, -0.25) is 0 Å². The minimum absolute atomic E-state index is 0.632. The van der Waals surface area contributed by atoms with Crippen molar-refractivity contribution in [1.82, 2.24) is 4.90 Å². The molecular formula is C5H10N2. The van der Waals surface area contributed by atoms with Gasteiger partial charge in [-0.1, -0.05) is 0 Å². The van der Waals surface area contributed by atoms with Crippen molar-refractivity contribution in [2.24, 2.45) is 0 Å². The van der Waals surface area contributed by atoms with Gasteiger partial charge in [-0.25, -0.2) is 0 Å². The van der Waals surface area contributed by atoms with Gasteiger partial charge in [0.15, 0.2) is 0 Å². The second-order valence-corrected chi connectivity index (χ2v) is 1.71. The Morgan fingerprint density at radius 3 is 2.29 bits per heavy atom. The average molecular weight is 99.1 g/mol. The van der Waals surface area contributed by atoms with Crippen LogP contribution in [0.3, 0.4) is 0 Å². The molecule has 0 aromatic heterocycles. The van der Waals surface area contributed by atoms with Crippen LogP contribution in [0.25, 0.3) is 0 Å². The van der Waals surface area contributed by atoms with E-state index < -0.39 is 0 Å². The van der Waals surface area contributed by atoms with Gasteiger partial charge in [0.25, 0.3) is 0 Å². The fourth-order valence-corrected chi connectivity index (χ4v) is 0.274. The first-order chi connectivity index (χ1) is 3.27. The van der Waals surface area contributed by atoms with Crippen LogP contribution in [0.2, 0.25) is 0 Å². The molecule has 0 aromatic rings. The second-order valence-electron chi connectivity index (χ2n) is 1.71. The third kappa shape index (κ3) is 5.45. The molecule has 0 saturated heterocycles. The van der Waals surface area contributed by atoms with Crippen LogP contribution in [0.5, 0.6) is 0 Å². The lowest BCUT2D eigenvalue weighted by Crippen LogP contribution is -2.11. The molecule has 2 heteroatoms. The molecule has 0 fully saturated rings. The summed E-state index contributed by atoms with van der Waals surface area (Å²) in [6, 6.07) is 2.06. The van der Waals surface area contributed by atoms with E-state index in [9.17, 15) is 0 Å². The van der Waals surface area contributed by atoms with Crippen LogP contribution in [-0.2, 0) is 0 Å². The number of hydrogen-bond acceptors (Lipinski definition) is 2. The highest BCUT2D eigenvalue weighted by Crippen LogP contribution is 1.76. The number of hydrogen-bond donors (Lipinski definition) is 0. The SMILES string of the molecule is CN(C)CC[13C]#N. The topological polar surface area (TPSA) is 27.0 Å². The molecule has 0 unspecified atom stereocenters. The van der Waals surface area contributed by atoms with E-state index in [1.165, 1.54) is 0 Å². The lowest BCUT2D eigenvalue weighted by molar-refractivity contribution is 0.419. The highest BCUT2D eigenvalue weighted by atomic mass is 15.0. The molecule has 2 nitrogen and oxygen atoms in total. The lowest BCUT2D eigenvalue weighted by Gasteiger charge is -2.02. The lowest BCUT2D eigenvalue weighted by atomic mass is 10.6. The Morgan fingerprint density at radius 1 is 1.57 bits per heavy atom. The molecule has 0 aromatic carbocycles. The predicted octanol–water partition coefficient (Wildman–Crippen LogP) is 0.462. The Morgan fingerprint density at radius 2 is 2.14 bits per heavy atom. The second kappa shape index (κ2) is 3.63. The van der Waals surface area contributed by atoms with Crippen molar-refractivity contribution in [2.75, 3.05) is 20.6 Å². The predicted molar refractivity (Wildman–Crippen MR) is 28.8 cm³/mol. The van der Waals surface area contributed by atoms with E-state index in [0.29, 0.717) is 6.42 Å². The number of rotatable bonds is 2. The van der Waals surface area contributed by atoms with Crippen LogP contribution >= 0.6 is 0 Å². The molecule has 0 saturated carbocycles. The van der Waals surface area contributed by atoms with E-state index in [0.717, 1.165) is 6.54 Å². The van der Waals surface area contributed by atoms with Crippen LogP contribution < -0.4 is 0 Å². The van der Waals surface area contributed by atoms with Gasteiger partial charge in [0, 0.05) is 13.0 Å². The minimum Gasteiger partial charge on any atom is -0.308 e. The van der Waals surface area contributed by atoms with Crippen molar-refractivity contribution in [1.29, 1.82) is 5.26 Å². The maximum Gasteiger partial charge on any atom is 0.0635 e. The smallest absolute Gasteiger partial charge is 0.0635 e. The highest BCUT2D eigenvalue weighted by Gasteiger charge is 1.83. The number of nitrogens with zero attached hydrogens (tertiary/aromatic N) is 2. The maximum atomic E-state index is 8.04. The summed E-state index contributed by atoms with van der Waals surface area (Å²) in [5.41, 5.74) is 0. The van der Waals surface area contributed by atoms with Crippen LogP contribution in [-0.4, -0.2) is 25.5 Å². The first kappa shape index (κ1) is 6.45. The van der Waals surface area contributed by atoms with Gasteiger partial charge in [0.05, 0.1) is 6.07 Å². The van der Waals surface area contributed by atoms with E-state index in [1.807, 2.05) is 19.0 Å². The summed E-state index contributed by atoms with van der Waals surface area (Å²) < 4.78 is 0. The monoisotopic (exact) mass is 99.1 g/mol. The van der Waals surface area contributed by atoms with Crippen LogP contribution in [0.4, 0.5) is 0 Å². The zero-order valence-corrected chi connectivity index (χ0v) is 4.81. The summed E-state index contributed by atoms with van der Waals surface area (Å²) in [6.45, 7) is 0.872. The summed E-state index contributed by atoms with van der Waals surface area (Å²) in [4.78, 5) is 1.99. The van der Waals surface area contributed by atoms with E-state index in [2.05, 4.69) is 6.07 Å². The van der Waals surface area contributed by atoms with Gasteiger partial charge in [0.2, 0.25) is 0 Å². The summed E-state index contributed by atoms with van der Waals surface area (Å²) in [5, 5.41) is 8.04. The first-order valence-electron chi connectivity index (χ1n) is 2.29. The van der Waals surface area contributed by atoms with Gasteiger partial charge in [-0.2, -0.15) is 5.26 Å². The number of nitriles is 1. The molecule has 0 aliphatic heterocycles. The van der Waals surface area contributed by atoms with Crippen LogP contribution in [0.1, 0.15) is 6.42 Å². The molecular weight excluding hydrogens is 89.1 g/mol. The molecule has 7 heavy (non-hydrogen) atoms. The molecule has 0 aliphatic rings. The summed E-state index contributed by atoms with van der Waals surface area (Å²) in [5.74, 6) is 0. The Kier molecular flexibility index (Phi) is 3.35. The largest absolute Gasteiger partial charge is 0.308 e. The van der Waals surface area contributed by atoms with Crippen molar-refractivity contribution >= 4 is 0 Å². The van der Waals surface area contributed by atoms with Gasteiger partial charge in [-0.15, -0.1) is 0 Å². The molecule has 0 amide bonds.